The molecule has 0 aromatic rings. The van der Waals surface area contributed by atoms with Gasteiger partial charge in [0.15, 0.2) is 0 Å². The Balaban J connectivity index is -0.0000000800. The summed E-state index contributed by atoms with van der Waals surface area (Å²) in [6.07, 6.45) is 0. The van der Waals surface area contributed by atoms with E-state index in [9.17, 15) is 0 Å². The zero-order valence-corrected chi connectivity index (χ0v) is 4.60. The van der Waals surface area contributed by atoms with Crippen molar-refractivity contribution < 1.29 is 36.4 Å². The van der Waals surface area contributed by atoms with Crippen molar-refractivity contribution in [3.8, 4) is 0 Å². The maximum absolute atomic E-state index is 8.63. The average Bonchev–Trinajstić information content (AvgIpc) is 0.722. The molecule has 0 heterocycles. The van der Waals surface area contributed by atoms with Crippen LogP contribution < -0.4 is 25.0 Å². The van der Waals surface area contributed by atoms with E-state index in [-0.39, 0.29) is 25.0 Å². The normalized spacial score (nSPS) is 8.29. The average molecular weight is 121 g/mol. The molecule has 0 aliphatic rings. The van der Waals surface area contributed by atoms with Crippen molar-refractivity contribution in [1.82, 2.24) is 6.15 Å². The third-order valence-electron chi connectivity index (χ3n) is 0. The van der Waals surface area contributed by atoms with Gasteiger partial charge in [0.2, 0.25) is 10.4 Å². The molecule has 0 aliphatic heterocycles. The Morgan fingerprint density at radius 3 is 1.43 bits per heavy atom. The molecule has 0 saturated carbocycles. The molecule has 40 valence electrons. The molecule has 0 radical (unpaired) electrons. The van der Waals surface area contributed by atoms with Gasteiger partial charge in [-0.15, -0.1) is 0 Å². The van der Waals surface area contributed by atoms with Crippen molar-refractivity contribution in [1.29, 1.82) is 0 Å². The second kappa shape index (κ2) is 4.58. The minimum Gasteiger partial charge on any atom is -0.726 e. The third kappa shape index (κ3) is 690. The molecule has 0 aliphatic carbocycles. The third-order valence-corrected chi connectivity index (χ3v) is 0. The maximum Gasteiger partial charge on any atom is 1.00 e. The summed E-state index contributed by atoms with van der Waals surface area (Å²) in [7, 11) is -4.92. The minimum absolute atomic E-state index is 0. The molecule has 0 fully saturated rings. The first-order valence-electron chi connectivity index (χ1n) is 0.683. The van der Waals surface area contributed by atoms with E-state index in [0.717, 1.165) is 0 Å². The fourth-order valence-corrected chi connectivity index (χ4v) is 0. The van der Waals surface area contributed by atoms with E-state index in [0.29, 0.717) is 0 Å². The molecule has 0 aromatic carbocycles. The number of rotatable bonds is 0. The number of hydrogen-bond donors (Lipinski definition) is 2. The maximum atomic E-state index is 8.63. The van der Waals surface area contributed by atoms with Crippen LogP contribution in [0, 0.1) is 0 Å². The van der Waals surface area contributed by atoms with E-state index < -0.39 is 10.4 Å². The van der Waals surface area contributed by atoms with Gasteiger partial charge >= 0.3 is 18.9 Å². The van der Waals surface area contributed by atoms with Crippen LogP contribution in [0.25, 0.3) is 0 Å². The minimum atomic E-state index is -4.92. The van der Waals surface area contributed by atoms with Gasteiger partial charge in [0.1, 0.15) is 0 Å². The monoisotopic (exact) mass is 121 g/mol. The summed E-state index contributed by atoms with van der Waals surface area (Å²) in [6, 6.07) is 0. The molecular weight excluding hydrogens is 117 g/mol. The van der Waals surface area contributed by atoms with Gasteiger partial charge in [0, 0.05) is 0 Å². The summed E-state index contributed by atoms with van der Waals surface area (Å²) in [4.78, 5) is 0. The topological polar surface area (TPSA) is 112 Å². The van der Waals surface area contributed by atoms with Gasteiger partial charge in [-0.3, -0.25) is 4.55 Å². The summed E-state index contributed by atoms with van der Waals surface area (Å²) in [6.45, 7) is 0. The predicted molar refractivity (Wildman–Crippen MR) is 17.3 cm³/mol. The van der Waals surface area contributed by atoms with Crippen LogP contribution in [0.15, 0.2) is 0 Å². The van der Waals surface area contributed by atoms with Gasteiger partial charge in [-0.2, -0.15) is 0 Å². The Kier molecular flexibility index (Phi) is 10.2. The zero-order chi connectivity index (χ0) is 4.50. The largest absolute Gasteiger partial charge is 1.00 e. The van der Waals surface area contributed by atoms with E-state index in [2.05, 4.69) is 0 Å². The summed E-state index contributed by atoms with van der Waals surface area (Å²) in [5.41, 5.74) is 0. The quantitative estimate of drug-likeness (QED) is 0.193. The second-order valence-corrected chi connectivity index (χ2v) is 1.28. The van der Waals surface area contributed by atoms with Crippen molar-refractivity contribution >= 4 is 10.4 Å². The molecule has 7 heteroatoms. The van der Waals surface area contributed by atoms with Crippen molar-refractivity contribution in [2.45, 2.75) is 0 Å². The van der Waals surface area contributed by atoms with E-state index in [1.54, 1.807) is 0 Å². The molecule has 5 nitrogen and oxygen atoms in total. The van der Waals surface area contributed by atoms with Crippen LogP contribution in [-0.2, 0) is 10.4 Å². The fraction of sp³-hybridized carbons (Fsp3) is 0. The molecule has 0 amide bonds. The van der Waals surface area contributed by atoms with Gasteiger partial charge < -0.3 is 10.7 Å². The van der Waals surface area contributed by atoms with E-state index in [1.807, 2.05) is 0 Å². The van der Waals surface area contributed by atoms with E-state index >= 15 is 0 Å². The Hall–Kier alpha value is 0.427. The Morgan fingerprint density at radius 1 is 1.43 bits per heavy atom. The van der Waals surface area contributed by atoms with E-state index in [4.69, 9.17) is 17.5 Å². The Morgan fingerprint density at radius 2 is 1.43 bits per heavy atom. The Labute approximate surface area is 53.4 Å². The molecule has 0 bridgehead atoms. The summed E-state index contributed by atoms with van der Waals surface area (Å²) in [5.74, 6) is 0. The van der Waals surface area contributed by atoms with Crippen LogP contribution in [0.2, 0.25) is 0 Å². The molecule has 7 heavy (non-hydrogen) atoms. The van der Waals surface area contributed by atoms with Gasteiger partial charge in [0.25, 0.3) is 0 Å². The first kappa shape index (κ1) is 15.7. The molecule has 0 rings (SSSR count). The molecule has 4 N–H and O–H groups in total. The summed E-state index contributed by atoms with van der Waals surface area (Å²) >= 11 is 0. The SMILES string of the molecule is N.O=S(=O)([O-])O.[Li+]. The Bertz CT molecular complexity index is 94.9. The first-order chi connectivity index (χ1) is 2.00. The standard InChI is InChI=1S/Li.H3N.H2O4S/c;;1-5(2,3)4/h;1H3;(H2,1,2,3,4)/q+1;;/p-1. The fourth-order valence-electron chi connectivity index (χ4n) is 0. The summed E-state index contributed by atoms with van der Waals surface area (Å²) < 4.78 is 32.8. The van der Waals surface area contributed by atoms with Crippen LogP contribution in [0.1, 0.15) is 0 Å². The molecule has 0 atom stereocenters. The zero-order valence-electron chi connectivity index (χ0n) is 3.79. The van der Waals surface area contributed by atoms with Crippen LogP contribution in [0.3, 0.4) is 0 Å². The van der Waals surface area contributed by atoms with Gasteiger partial charge in [-0.05, 0) is 0 Å². The van der Waals surface area contributed by atoms with Crippen LogP contribution in [0.5, 0.6) is 0 Å². The smallest absolute Gasteiger partial charge is 0.726 e. The molecule has 0 saturated heterocycles. The molecule has 0 spiro atoms. The molecule has 0 aromatic heterocycles. The predicted octanol–water partition coefficient (Wildman–Crippen LogP) is -3.83. The number of hydrogen-bond acceptors (Lipinski definition) is 4. The van der Waals surface area contributed by atoms with Crippen molar-refractivity contribution in [2.24, 2.45) is 0 Å². The van der Waals surface area contributed by atoms with Crippen molar-refractivity contribution in [3.63, 3.8) is 0 Å². The van der Waals surface area contributed by atoms with Crippen LogP contribution in [-0.4, -0.2) is 17.5 Å². The second-order valence-electron chi connectivity index (χ2n) is 0.428. The van der Waals surface area contributed by atoms with Crippen LogP contribution >= 0.6 is 0 Å². The van der Waals surface area contributed by atoms with Crippen LogP contribution in [0.4, 0.5) is 0 Å². The summed E-state index contributed by atoms with van der Waals surface area (Å²) in [5, 5.41) is 0. The van der Waals surface area contributed by atoms with Crippen molar-refractivity contribution in [2.75, 3.05) is 0 Å². The molecular formula is H4LiNO4S. The van der Waals surface area contributed by atoms with Gasteiger partial charge in [-0.25, -0.2) is 8.42 Å². The van der Waals surface area contributed by atoms with Gasteiger partial charge in [-0.1, -0.05) is 0 Å². The van der Waals surface area contributed by atoms with E-state index in [1.165, 1.54) is 0 Å². The van der Waals surface area contributed by atoms with Gasteiger partial charge in [0.05, 0.1) is 0 Å². The van der Waals surface area contributed by atoms with Crippen molar-refractivity contribution in [3.05, 3.63) is 0 Å². The molecule has 0 unspecified atom stereocenters. The first-order valence-corrected chi connectivity index (χ1v) is 2.05.